The van der Waals surface area contributed by atoms with Crippen molar-refractivity contribution >= 4 is 23.5 Å². The monoisotopic (exact) mass is 476 g/mol. The third-order valence-electron chi connectivity index (χ3n) is 9.18. The van der Waals surface area contributed by atoms with Crippen molar-refractivity contribution in [2.24, 2.45) is 22.7 Å². The maximum absolute atomic E-state index is 17.2. The standard InChI is InChI=1S/C26H33FO7/c1-5-22(32)33-14-21(31)25(34-15(2)28)11-9-18-19-7-6-16-12-17(29)8-10-23(16,3)26(19,27)20(30)13-24(18,25)4/h8,10,12,18-20,30H,5-7,9,11,13-14H2,1-4H3/t18-,19-,20-,23-,24-,25-,26-/m0/s1. The largest absolute Gasteiger partial charge is 0.457 e. The number of aliphatic hydroxyl groups excluding tert-OH is 1. The Labute approximate surface area is 198 Å². The fourth-order valence-electron chi connectivity index (χ4n) is 7.49. The van der Waals surface area contributed by atoms with Crippen molar-refractivity contribution in [1.82, 2.24) is 0 Å². The van der Waals surface area contributed by atoms with Crippen LogP contribution < -0.4 is 0 Å². The number of halogens is 1. The van der Waals surface area contributed by atoms with Crippen LogP contribution >= 0.6 is 0 Å². The number of fused-ring (bicyclic) bond motifs is 5. The van der Waals surface area contributed by atoms with E-state index >= 15 is 4.39 Å². The molecule has 0 aromatic heterocycles. The molecular weight excluding hydrogens is 443 g/mol. The Bertz CT molecular complexity index is 1000. The Morgan fingerprint density at radius 1 is 1.21 bits per heavy atom. The Morgan fingerprint density at radius 3 is 2.56 bits per heavy atom. The Balaban J connectivity index is 1.75. The molecule has 4 aliphatic carbocycles. The number of allylic oxidation sites excluding steroid dienone is 4. The SMILES string of the molecule is CCC(=O)OCC(=O)[C@@]1(OC(C)=O)CC[C@H]2[C@@H]3CCC4=CC(=O)C=C[C@]4(C)[C@@]3(F)[C@@H](O)C[C@@]21C. The molecule has 4 aliphatic rings. The fourth-order valence-corrected chi connectivity index (χ4v) is 7.49. The summed E-state index contributed by atoms with van der Waals surface area (Å²) in [5.74, 6) is -2.89. The van der Waals surface area contributed by atoms with E-state index in [0.29, 0.717) is 24.8 Å². The van der Waals surface area contributed by atoms with Gasteiger partial charge in [-0.05, 0) is 57.1 Å². The van der Waals surface area contributed by atoms with Gasteiger partial charge in [0.1, 0.15) is 0 Å². The van der Waals surface area contributed by atoms with Gasteiger partial charge in [0.25, 0.3) is 0 Å². The molecule has 0 spiro atoms. The highest BCUT2D eigenvalue weighted by molar-refractivity contribution is 6.01. The van der Waals surface area contributed by atoms with E-state index in [4.69, 9.17) is 9.47 Å². The summed E-state index contributed by atoms with van der Waals surface area (Å²) in [4.78, 5) is 49.3. The van der Waals surface area contributed by atoms with E-state index in [0.717, 1.165) is 0 Å². The van der Waals surface area contributed by atoms with Crippen molar-refractivity contribution in [3.05, 3.63) is 23.8 Å². The average molecular weight is 477 g/mol. The van der Waals surface area contributed by atoms with Crippen molar-refractivity contribution in [2.45, 2.75) is 83.6 Å². The van der Waals surface area contributed by atoms with Crippen molar-refractivity contribution in [3.63, 3.8) is 0 Å². The summed E-state index contributed by atoms with van der Waals surface area (Å²) >= 11 is 0. The quantitative estimate of drug-likeness (QED) is 0.608. The van der Waals surface area contributed by atoms with Gasteiger partial charge in [0.15, 0.2) is 23.7 Å². The number of esters is 2. The summed E-state index contributed by atoms with van der Waals surface area (Å²) in [6, 6.07) is 0. The van der Waals surface area contributed by atoms with E-state index in [1.54, 1.807) is 26.8 Å². The van der Waals surface area contributed by atoms with E-state index < -0.39 is 58.5 Å². The maximum atomic E-state index is 17.2. The number of hydrogen-bond acceptors (Lipinski definition) is 7. The lowest BCUT2D eigenvalue weighted by Crippen LogP contribution is -2.69. The summed E-state index contributed by atoms with van der Waals surface area (Å²) < 4.78 is 28.0. The molecule has 0 saturated heterocycles. The van der Waals surface area contributed by atoms with Crippen molar-refractivity contribution in [2.75, 3.05) is 6.61 Å². The van der Waals surface area contributed by atoms with Crippen molar-refractivity contribution in [1.29, 1.82) is 0 Å². The van der Waals surface area contributed by atoms with Crippen molar-refractivity contribution < 1.29 is 38.1 Å². The van der Waals surface area contributed by atoms with Crippen LogP contribution in [0.15, 0.2) is 23.8 Å². The first-order chi connectivity index (χ1) is 15.9. The van der Waals surface area contributed by atoms with Crippen LogP contribution in [0.25, 0.3) is 0 Å². The van der Waals surface area contributed by atoms with Gasteiger partial charge >= 0.3 is 11.9 Å². The number of ketones is 2. The van der Waals surface area contributed by atoms with Gasteiger partial charge in [-0.3, -0.25) is 19.2 Å². The molecule has 3 saturated carbocycles. The Kier molecular flexibility index (Phi) is 5.91. The number of ether oxygens (including phenoxy) is 2. The maximum Gasteiger partial charge on any atom is 0.305 e. The second-order valence-corrected chi connectivity index (χ2v) is 10.7. The van der Waals surface area contributed by atoms with Crippen LogP contribution in [0.1, 0.15) is 66.2 Å². The molecule has 7 nitrogen and oxygen atoms in total. The molecule has 1 N–H and O–H groups in total. The lowest BCUT2D eigenvalue weighted by molar-refractivity contribution is -0.225. The normalized spacial score (nSPS) is 42.7. The van der Waals surface area contributed by atoms with E-state index in [1.165, 1.54) is 19.1 Å². The molecule has 0 heterocycles. The molecule has 7 atom stereocenters. The van der Waals surface area contributed by atoms with Gasteiger partial charge in [-0.1, -0.05) is 25.5 Å². The lowest BCUT2D eigenvalue weighted by Gasteiger charge is -2.62. The van der Waals surface area contributed by atoms with Gasteiger partial charge in [0.2, 0.25) is 5.78 Å². The van der Waals surface area contributed by atoms with Gasteiger partial charge in [-0.2, -0.15) is 0 Å². The molecule has 34 heavy (non-hydrogen) atoms. The second kappa shape index (κ2) is 8.11. The van der Waals surface area contributed by atoms with E-state index in [1.807, 2.05) is 0 Å². The molecule has 0 amide bonds. The molecule has 4 rings (SSSR count). The minimum Gasteiger partial charge on any atom is -0.457 e. The number of rotatable bonds is 5. The molecule has 0 aromatic rings. The third-order valence-corrected chi connectivity index (χ3v) is 9.18. The highest BCUT2D eigenvalue weighted by atomic mass is 19.1. The molecular formula is C26H33FO7. The molecule has 0 unspecified atom stereocenters. The first kappa shape index (κ1) is 24.8. The highest BCUT2D eigenvalue weighted by Gasteiger charge is 2.75. The van der Waals surface area contributed by atoms with Gasteiger partial charge in [-0.25, -0.2) is 4.39 Å². The topological polar surface area (TPSA) is 107 Å². The van der Waals surface area contributed by atoms with E-state index in [-0.39, 0.29) is 31.0 Å². The van der Waals surface area contributed by atoms with E-state index in [9.17, 15) is 24.3 Å². The number of carbonyl (C=O) groups is 4. The molecule has 0 aromatic carbocycles. The number of Topliss-reactive ketones (excluding diaryl/α,β-unsaturated/α-hetero) is 1. The molecule has 0 radical (unpaired) electrons. The Hall–Kier alpha value is -2.35. The van der Waals surface area contributed by atoms with Gasteiger partial charge in [0, 0.05) is 30.1 Å². The minimum atomic E-state index is -2.04. The van der Waals surface area contributed by atoms with Crippen LogP contribution in [0.3, 0.4) is 0 Å². The zero-order chi connectivity index (χ0) is 25.1. The van der Waals surface area contributed by atoms with Crippen LogP contribution in [-0.2, 0) is 28.7 Å². The zero-order valence-corrected chi connectivity index (χ0v) is 20.2. The smallest absolute Gasteiger partial charge is 0.305 e. The van der Waals surface area contributed by atoms with Crippen LogP contribution in [-0.4, -0.2) is 52.6 Å². The molecule has 0 aliphatic heterocycles. The van der Waals surface area contributed by atoms with Crippen LogP contribution in [0.2, 0.25) is 0 Å². The number of aliphatic hydroxyl groups is 1. The first-order valence-corrected chi connectivity index (χ1v) is 12.1. The number of carbonyl (C=O) groups excluding carboxylic acids is 4. The number of hydrogen-bond donors (Lipinski definition) is 1. The molecule has 0 bridgehead atoms. The molecule has 186 valence electrons. The van der Waals surface area contributed by atoms with Crippen LogP contribution in [0, 0.1) is 22.7 Å². The fraction of sp³-hybridized carbons (Fsp3) is 0.692. The summed E-state index contributed by atoms with van der Waals surface area (Å²) in [7, 11) is 0. The molecule has 8 heteroatoms. The summed E-state index contributed by atoms with van der Waals surface area (Å²) in [5.41, 5.74) is -5.16. The average Bonchev–Trinajstić information content (AvgIpc) is 3.05. The van der Waals surface area contributed by atoms with Crippen LogP contribution in [0.5, 0.6) is 0 Å². The Morgan fingerprint density at radius 2 is 1.91 bits per heavy atom. The van der Waals surface area contributed by atoms with Gasteiger partial charge in [0.05, 0.1) is 6.10 Å². The highest BCUT2D eigenvalue weighted by Crippen LogP contribution is 2.70. The summed E-state index contributed by atoms with van der Waals surface area (Å²) in [6.07, 6.45) is 4.46. The minimum absolute atomic E-state index is 0.101. The summed E-state index contributed by atoms with van der Waals surface area (Å²) in [5, 5.41) is 11.4. The van der Waals surface area contributed by atoms with Crippen LogP contribution in [0.4, 0.5) is 4.39 Å². The number of alkyl halides is 1. The first-order valence-electron chi connectivity index (χ1n) is 12.1. The lowest BCUT2D eigenvalue weighted by atomic mass is 9.44. The van der Waals surface area contributed by atoms with Gasteiger partial charge < -0.3 is 14.6 Å². The third kappa shape index (κ3) is 3.17. The predicted octanol–water partition coefficient (Wildman–Crippen LogP) is 3.18. The van der Waals surface area contributed by atoms with E-state index in [2.05, 4.69) is 0 Å². The van der Waals surface area contributed by atoms with Gasteiger partial charge in [-0.15, -0.1) is 0 Å². The van der Waals surface area contributed by atoms with Crippen molar-refractivity contribution in [3.8, 4) is 0 Å². The summed E-state index contributed by atoms with van der Waals surface area (Å²) in [6.45, 7) is 5.79. The molecule has 3 fully saturated rings. The second-order valence-electron chi connectivity index (χ2n) is 10.7. The predicted molar refractivity (Wildman–Crippen MR) is 119 cm³/mol. The zero-order valence-electron chi connectivity index (χ0n) is 20.2.